The van der Waals surface area contributed by atoms with Gasteiger partial charge in [0.15, 0.2) is 0 Å². The van der Waals surface area contributed by atoms with Gasteiger partial charge in [-0.05, 0) is 25.2 Å². The number of nitrogens with zero attached hydrogens (tertiary/aromatic N) is 1. The van der Waals surface area contributed by atoms with Crippen molar-refractivity contribution in [3.8, 4) is 5.75 Å². The Balaban J connectivity index is 2.26. The lowest BCUT2D eigenvalue weighted by atomic mass is 10.2. The number of benzene rings is 1. The number of hydrogen-bond donors (Lipinski definition) is 0. The average Bonchev–Trinajstić information content (AvgIpc) is 2.15. The van der Waals surface area contributed by atoms with Gasteiger partial charge in [-0.25, -0.2) is 0 Å². The Kier molecular flexibility index (Phi) is 2.93. The molecular weight excluding hydrogens is 193 g/mol. The first-order chi connectivity index (χ1) is 6.85. The van der Waals surface area contributed by atoms with Gasteiger partial charge in [0.1, 0.15) is 5.75 Å². The molecule has 0 radical (unpaired) electrons. The predicted molar refractivity (Wildman–Crippen MR) is 63.7 cm³/mol. The number of methoxy groups -OCH3 is 1. The van der Waals surface area contributed by atoms with Crippen molar-refractivity contribution >= 4 is 19.6 Å². The normalized spacial score (nSPS) is 16.0. The molecule has 0 amide bonds. The summed E-state index contributed by atoms with van der Waals surface area (Å²) in [6, 6.07) is 6.55. The number of ether oxygens (including phenoxy) is 1. The van der Waals surface area contributed by atoms with Gasteiger partial charge in [0.05, 0.1) is 7.11 Å². The van der Waals surface area contributed by atoms with Crippen molar-refractivity contribution in [1.82, 2.24) is 0 Å². The average molecular weight is 209 g/mol. The highest BCUT2D eigenvalue weighted by Gasteiger charge is 2.15. The smallest absolute Gasteiger partial charge is 0.128 e. The van der Waals surface area contributed by atoms with Crippen LogP contribution in [0.3, 0.4) is 0 Å². The van der Waals surface area contributed by atoms with Crippen LogP contribution in [0.25, 0.3) is 0 Å². The van der Waals surface area contributed by atoms with E-state index in [2.05, 4.69) is 29.8 Å². The van der Waals surface area contributed by atoms with E-state index in [-0.39, 0.29) is 0 Å². The van der Waals surface area contributed by atoms with Gasteiger partial charge in [0, 0.05) is 30.1 Å². The Morgan fingerprint density at radius 2 is 2.14 bits per heavy atom. The molecule has 14 heavy (non-hydrogen) atoms. The number of rotatable bonds is 3. The lowest BCUT2D eigenvalue weighted by Crippen LogP contribution is -2.37. The second kappa shape index (κ2) is 4.18. The van der Waals surface area contributed by atoms with Gasteiger partial charge in [0.2, 0.25) is 0 Å². The second-order valence-corrected chi connectivity index (χ2v) is 4.51. The summed E-state index contributed by atoms with van der Waals surface area (Å²) in [4.78, 5) is 2.38. The van der Waals surface area contributed by atoms with Gasteiger partial charge in [0.25, 0.3) is 0 Å². The van der Waals surface area contributed by atoms with Crippen LogP contribution in [-0.4, -0.2) is 26.9 Å². The lowest BCUT2D eigenvalue weighted by Gasteiger charge is -2.33. The van der Waals surface area contributed by atoms with Crippen LogP contribution in [-0.2, 0) is 0 Å². The molecule has 0 bridgehead atoms. The Hall–Kier alpha value is -0.750. The zero-order valence-corrected chi connectivity index (χ0v) is 9.71. The van der Waals surface area contributed by atoms with Gasteiger partial charge < -0.3 is 9.64 Å². The third-order valence-corrected chi connectivity index (χ3v) is 3.63. The SMILES string of the molecule is COc1cc(N2CCC2)ccc1PC. The molecule has 1 aliphatic heterocycles. The van der Waals surface area contributed by atoms with Crippen molar-refractivity contribution in [3.63, 3.8) is 0 Å². The molecule has 1 atom stereocenters. The van der Waals surface area contributed by atoms with Crippen LogP contribution in [0.1, 0.15) is 6.42 Å². The summed E-state index contributed by atoms with van der Waals surface area (Å²) in [5.74, 6) is 1.04. The summed E-state index contributed by atoms with van der Waals surface area (Å²) in [5.41, 5.74) is 1.30. The van der Waals surface area contributed by atoms with Gasteiger partial charge >= 0.3 is 0 Å². The van der Waals surface area contributed by atoms with Crippen LogP contribution in [0.15, 0.2) is 18.2 Å². The fourth-order valence-corrected chi connectivity index (χ4v) is 2.33. The first-order valence-electron chi connectivity index (χ1n) is 4.96. The highest BCUT2D eigenvalue weighted by Crippen LogP contribution is 2.26. The molecule has 1 aromatic rings. The van der Waals surface area contributed by atoms with Gasteiger partial charge in [-0.2, -0.15) is 0 Å². The summed E-state index contributed by atoms with van der Waals surface area (Å²) < 4.78 is 5.38. The van der Waals surface area contributed by atoms with E-state index in [0.717, 1.165) is 14.3 Å². The molecule has 0 spiro atoms. The lowest BCUT2D eigenvalue weighted by molar-refractivity contribution is 0.418. The Morgan fingerprint density at radius 1 is 1.36 bits per heavy atom. The van der Waals surface area contributed by atoms with Crippen molar-refractivity contribution < 1.29 is 4.74 Å². The van der Waals surface area contributed by atoms with Crippen molar-refractivity contribution in [3.05, 3.63) is 18.2 Å². The largest absolute Gasteiger partial charge is 0.496 e. The predicted octanol–water partition coefficient (Wildman–Crippen LogP) is 1.84. The molecule has 0 saturated carbocycles. The van der Waals surface area contributed by atoms with E-state index in [9.17, 15) is 0 Å². The van der Waals surface area contributed by atoms with Crippen LogP contribution >= 0.6 is 8.58 Å². The van der Waals surface area contributed by atoms with E-state index in [0.29, 0.717) is 0 Å². The number of hydrogen-bond acceptors (Lipinski definition) is 2. The highest BCUT2D eigenvalue weighted by molar-refractivity contribution is 7.46. The summed E-state index contributed by atoms with van der Waals surface area (Å²) in [6.07, 6.45) is 1.32. The fourth-order valence-electron chi connectivity index (χ4n) is 1.66. The van der Waals surface area contributed by atoms with E-state index in [1.54, 1.807) is 7.11 Å². The molecule has 0 aliphatic carbocycles. The van der Waals surface area contributed by atoms with E-state index in [4.69, 9.17) is 4.74 Å². The maximum absolute atomic E-state index is 5.38. The third-order valence-electron chi connectivity index (χ3n) is 2.68. The van der Waals surface area contributed by atoms with Crippen LogP contribution in [0.2, 0.25) is 0 Å². The molecule has 76 valence electrons. The van der Waals surface area contributed by atoms with Crippen LogP contribution in [0, 0.1) is 0 Å². The molecule has 1 unspecified atom stereocenters. The molecule has 1 fully saturated rings. The van der Waals surface area contributed by atoms with Gasteiger partial charge in [-0.3, -0.25) is 0 Å². The minimum absolute atomic E-state index is 0.801. The highest BCUT2D eigenvalue weighted by atomic mass is 31.1. The summed E-state index contributed by atoms with van der Waals surface area (Å²) >= 11 is 0. The molecule has 3 heteroatoms. The van der Waals surface area contributed by atoms with E-state index >= 15 is 0 Å². The molecular formula is C11H16NOP. The zero-order chi connectivity index (χ0) is 9.97. The summed E-state index contributed by atoms with van der Waals surface area (Å²) in [7, 11) is 2.55. The summed E-state index contributed by atoms with van der Waals surface area (Å²) in [6.45, 7) is 4.56. The molecule has 1 saturated heterocycles. The van der Waals surface area contributed by atoms with E-state index < -0.39 is 0 Å². The minimum Gasteiger partial charge on any atom is -0.496 e. The van der Waals surface area contributed by atoms with Crippen LogP contribution in [0.4, 0.5) is 5.69 Å². The number of anilines is 1. The second-order valence-electron chi connectivity index (χ2n) is 3.48. The van der Waals surface area contributed by atoms with Crippen LogP contribution in [0.5, 0.6) is 5.75 Å². The standard InChI is InChI=1S/C11H16NOP/c1-13-10-8-9(12-6-3-7-12)4-5-11(10)14-2/h4-5,8,14H,3,6-7H2,1-2H3. The van der Waals surface area contributed by atoms with Gasteiger partial charge in [-0.1, -0.05) is 8.58 Å². The molecule has 2 nitrogen and oxygen atoms in total. The van der Waals surface area contributed by atoms with Crippen molar-refractivity contribution in [1.29, 1.82) is 0 Å². The first kappa shape index (κ1) is 9.79. The van der Waals surface area contributed by atoms with E-state index in [1.165, 1.54) is 30.5 Å². The van der Waals surface area contributed by atoms with Gasteiger partial charge in [-0.15, -0.1) is 0 Å². The topological polar surface area (TPSA) is 12.5 Å². The molecule has 2 rings (SSSR count). The molecule has 1 aromatic carbocycles. The van der Waals surface area contributed by atoms with Crippen molar-refractivity contribution in [2.75, 3.05) is 31.8 Å². The van der Waals surface area contributed by atoms with Crippen molar-refractivity contribution in [2.45, 2.75) is 6.42 Å². The molecule has 1 heterocycles. The quantitative estimate of drug-likeness (QED) is 0.704. The fraction of sp³-hybridized carbons (Fsp3) is 0.455. The third kappa shape index (κ3) is 1.72. The summed E-state index contributed by atoms with van der Waals surface area (Å²) in [5, 5.41) is 1.32. The molecule has 0 aromatic heterocycles. The van der Waals surface area contributed by atoms with Crippen LogP contribution < -0.4 is 14.9 Å². The first-order valence-corrected chi connectivity index (χ1v) is 6.46. The van der Waals surface area contributed by atoms with Crippen molar-refractivity contribution in [2.24, 2.45) is 0 Å². The Bertz CT molecular complexity index is 323. The Morgan fingerprint density at radius 3 is 2.64 bits per heavy atom. The maximum Gasteiger partial charge on any atom is 0.128 e. The molecule has 0 N–H and O–H groups in total. The minimum atomic E-state index is 0.801. The Labute approximate surface area is 87.0 Å². The molecule has 1 aliphatic rings. The van der Waals surface area contributed by atoms with E-state index in [1.807, 2.05) is 0 Å². The monoisotopic (exact) mass is 209 g/mol. The maximum atomic E-state index is 5.38. The zero-order valence-electron chi connectivity index (χ0n) is 8.71.